The van der Waals surface area contributed by atoms with Crippen LogP contribution in [0.15, 0.2) is 24.3 Å². The number of carboxylic acid groups (broad SMARTS) is 1. The molecule has 0 aliphatic heterocycles. The van der Waals surface area contributed by atoms with Gasteiger partial charge in [-0.15, -0.1) is 0 Å². The van der Waals surface area contributed by atoms with Crippen LogP contribution in [0, 0.1) is 0 Å². The third-order valence-electron chi connectivity index (χ3n) is 3.53. The number of carbonyl (C=O) groups excluding carboxylic acids is 3. The molecule has 0 heterocycles. The van der Waals surface area contributed by atoms with Gasteiger partial charge in [-0.2, -0.15) is 0 Å². The molecule has 0 saturated heterocycles. The second-order valence-electron chi connectivity index (χ2n) is 5.41. The number of esters is 3. The molecule has 166 valence electrons. The Hall–Kier alpha value is -2.52. The SMILES string of the molecule is COC(=O)c1c(Cl)cc(C(=O)O)cc1Cl.COC(=O)c1cc(Cl)c(C(=O)OC)c(Cl)c1. The minimum absolute atomic E-state index is 0.0264. The van der Waals surface area contributed by atoms with Crippen LogP contribution in [0.2, 0.25) is 20.1 Å². The molecule has 0 saturated carbocycles. The minimum Gasteiger partial charge on any atom is -0.478 e. The molecular formula is C19H14Cl4O8. The summed E-state index contributed by atoms with van der Waals surface area (Å²) >= 11 is 23.0. The Labute approximate surface area is 196 Å². The summed E-state index contributed by atoms with van der Waals surface area (Å²) < 4.78 is 13.4. The lowest BCUT2D eigenvalue weighted by Crippen LogP contribution is -2.07. The van der Waals surface area contributed by atoms with Gasteiger partial charge < -0.3 is 19.3 Å². The average molecular weight is 512 g/mol. The van der Waals surface area contributed by atoms with E-state index in [0.717, 1.165) is 12.1 Å². The monoisotopic (exact) mass is 510 g/mol. The number of hydrogen-bond acceptors (Lipinski definition) is 7. The molecule has 0 aromatic heterocycles. The van der Waals surface area contributed by atoms with Gasteiger partial charge in [0.05, 0.1) is 63.7 Å². The van der Waals surface area contributed by atoms with Gasteiger partial charge >= 0.3 is 23.9 Å². The van der Waals surface area contributed by atoms with Crippen molar-refractivity contribution in [3.8, 4) is 0 Å². The van der Waals surface area contributed by atoms with E-state index in [9.17, 15) is 19.2 Å². The molecule has 2 aromatic carbocycles. The summed E-state index contributed by atoms with van der Waals surface area (Å²) in [6, 6.07) is 4.88. The zero-order valence-corrected chi connectivity index (χ0v) is 19.1. The van der Waals surface area contributed by atoms with Crippen LogP contribution in [0.4, 0.5) is 0 Å². The Kier molecular flexibility index (Phi) is 10.1. The molecule has 2 rings (SSSR count). The number of hydrogen-bond donors (Lipinski definition) is 1. The van der Waals surface area contributed by atoms with Crippen molar-refractivity contribution in [3.63, 3.8) is 0 Å². The van der Waals surface area contributed by atoms with Crippen LogP contribution < -0.4 is 0 Å². The predicted octanol–water partition coefficient (Wildman–Crippen LogP) is 5.04. The Bertz CT molecular complexity index is 990. The lowest BCUT2D eigenvalue weighted by atomic mass is 10.1. The standard InChI is InChI=1S/C10H8Cl2O4.C9H6Cl2O4/c1-15-9(13)5-3-6(11)8(7(12)4-5)10(14)16-2;1-15-9(14)7-5(10)2-4(8(12)13)3-6(7)11/h3-4H,1-2H3;2-3H,1H3,(H,12,13). The lowest BCUT2D eigenvalue weighted by Gasteiger charge is -2.07. The van der Waals surface area contributed by atoms with Gasteiger partial charge in [0, 0.05) is 0 Å². The van der Waals surface area contributed by atoms with Crippen molar-refractivity contribution in [2.24, 2.45) is 0 Å². The highest BCUT2D eigenvalue weighted by atomic mass is 35.5. The van der Waals surface area contributed by atoms with Crippen molar-refractivity contribution in [3.05, 3.63) is 66.6 Å². The number of carbonyl (C=O) groups is 4. The third-order valence-corrected chi connectivity index (χ3v) is 4.72. The van der Waals surface area contributed by atoms with Crippen molar-refractivity contribution in [2.75, 3.05) is 21.3 Å². The first-order valence-corrected chi connectivity index (χ1v) is 9.45. The fraction of sp³-hybridized carbons (Fsp3) is 0.158. The Morgan fingerprint density at radius 1 is 0.613 bits per heavy atom. The molecule has 1 N–H and O–H groups in total. The number of ether oxygens (including phenoxy) is 3. The lowest BCUT2D eigenvalue weighted by molar-refractivity contribution is 0.0587. The molecule has 31 heavy (non-hydrogen) atoms. The van der Waals surface area contributed by atoms with Gasteiger partial charge in [-0.05, 0) is 24.3 Å². The molecule has 0 bridgehead atoms. The van der Waals surface area contributed by atoms with Crippen LogP contribution >= 0.6 is 46.4 Å². The van der Waals surface area contributed by atoms with Crippen LogP contribution in [-0.2, 0) is 14.2 Å². The molecule has 0 unspecified atom stereocenters. The molecule has 0 aliphatic rings. The van der Waals surface area contributed by atoms with Crippen molar-refractivity contribution < 1.29 is 38.5 Å². The number of benzene rings is 2. The van der Waals surface area contributed by atoms with Crippen molar-refractivity contribution in [1.82, 2.24) is 0 Å². The van der Waals surface area contributed by atoms with Gasteiger partial charge in [-0.25, -0.2) is 19.2 Å². The first-order valence-electron chi connectivity index (χ1n) is 7.94. The maximum Gasteiger partial charge on any atom is 0.340 e. The summed E-state index contributed by atoms with van der Waals surface area (Å²) in [6.07, 6.45) is 0. The molecule has 0 aliphatic carbocycles. The molecule has 8 nitrogen and oxygen atoms in total. The number of rotatable bonds is 4. The number of carboxylic acids is 1. The smallest absolute Gasteiger partial charge is 0.340 e. The average Bonchev–Trinajstić information content (AvgIpc) is 2.71. The van der Waals surface area contributed by atoms with Crippen molar-refractivity contribution in [1.29, 1.82) is 0 Å². The van der Waals surface area contributed by atoms with Crippen LogP contribution in [0.3, 0.4) is 0 Å². The highest BCUT2D eigenvalue weighted by Gasteiger charge is 2.19. The highest BCUT2D eigenvalue weighted by Crippen LogP contribution is 2.28. The summed E-state index contributed by atoms with van der Waals surface area (Å²) in [4.78, 5) is 44.3. The van der Waals surface area contributed by atoms with Gasteiger partial charge in [0.2, 0.25) is 0 Å². The van der Waals surface area contributed by atoms with Crippen LogP contribution in [0.5, 0.6) is 0 Å². The third kappa shape index (κ3) is 6.73. The first kappa shape index (κ1) is 26.5. The fourth-order valence-electron chi connectivity index (χ4n) is 2.10. The van der Waals surface area contributed by atoms with Gasteiger partial charge in [-0.1, -0.05) is 46.4 Å². The highest BCUT2D eigenvalue weighted by molar-refractivity contribution is 6.40. The maximum atomic E-state index is 11.3. The second-order valence-corrected chi connectivity index (χ2v) is 7.04. The van der Waals surface area contributed by atoms with Crippen LogP contribution in [0.1, 0.15) is 41.4 Å². The Morgan fingerprint density at radius 3 is 1.16 bits per heavy atom. The van der Waals surface area contributed by atoms with E-state index in [2.05, 4.69) is 14.2 Å². The number of methoxy groups -OCH3 is 3. The Balaban J connectivity index is 0.000000311. The molecule has 2 aromatic rings. The van der Waals surface area contributed by atoms with E-state index >= 15 is 0 Å². The van der Waals surface area contributed by atoms with Crippen molar-refractivity contribution >= 4 is 70.3 Å². The summed E-state index contributed by atoms with van der Waals surface area (Å²) in [5.74, 6) is -3.12. The minimum atomic E-state index is -1.17. The zero-order chi connectivity index (χ0) is 23.9. The summed E-state index contributed by atoms with van der Waals surface area (Å²) in [5.41, 5.74) is 0.0760. The van der Waals surface area contributed by atoms with E-state index in [1.54, 1.807) is 0 Å². The quantitative estimate of drug-likeness (QED) is 0.448. The summed E-state index contributed by atoms with van der Waals surface area (Å²) in [7, 11) is 3.63. The molecule has 0 fully saturated rings. The molecule has 0 atom stereocenters. The second kappa shape index (κ2) is 11.8. The molecule has 0 spiro atoms. The summed E-state index contributed by atoms with van der Waals surface area (Å²) in [5, 5.41) is 8.67. The van der Waals surface area contributed by atoms with Crippen LogP contribution in [-0.4, -0.2) is 50.3 Å². The normalized spacial score (nSPS) is 9.77. The van der Waals surface area contributed by atoms with E-state index < -0.39 is 23.9 Å². The van der Waals surface area contributed by atoms with E-state index in [4.69, 9.17) is 51.5 Å². The molecular weight excluding hydrogens is 498 g/mol. The molecule has 0 radical (unpaired) electrons. The number of aromatic carboxylic acids is 1. The number of halogens is 4. The fourth-order valence-corrected chi connectivity index (χ4v) is 3.38. The maximum absolute atomic E-state index is 11.3. The van der Waals surface area contributed by atoms with E-state index in [0.29, 0.717) is 0 Å². The largest absolute Gasteiger partial charge is 0.478 e. The van der Waals surface area contributed by atoms with Crippen LogP contribution in [0.25, 0.3) is 0 Å². The Morgan fingerprint density at radius 2 is 0.903 bits per heavy atom. The first-order chi connectivity index (χ1) is 14.5. The van der Waals surface area contributed by atoms with E-state index in [-0.39, 0.29) is 42.3 Å². The van der Waals surface area contributed by atoms with Gasteiger partial charge in [0.1, 0.15) is 0 Å². The van der Waals surface area contributed by atoms with E-state index in [1.165, 1.54) is 33.5 Å². The van der Waals surface area contributed by atoms with Crippen molar-refractivity contribution in [2.45, 2.75) is 0 Å². The van der Waals surface area contributed by atoms with Gasteiger partial charge in [0.25, 0.3) is 0 Å². The topological polar surface area (TPSA) is 116 Å². The zero-order valence-electron chi connectivity index (χ0n) is 16.1. The molecule has 0 amide bonds. The van der Waals surface area contributed by atoms with Gasteiger partial charge in [0.15, 0.2) is 0 Å². The van der Waals surface area contributed by atoms with E-state index in [1.807, 2.05) is 0 Å². The molecule has 12 heteroatoms. The van der Waals surface area contributed by atoms with Gasteiger partial charge in [-0.3, -0.25) is 0 Å². The summed E-state index contributed by atoms with van der Waals surface area (Å²) in [6.45, 7) is 0. The predicted molar refractivity (Wildman–Crippen MR) is 114 cm³/mol.